The van der Waals surface area contributed by atoms with Crippen LogP contribution in [0.2, 0.25) is 0 Å². The number of amides is 1. The summed E-state index contributed by atoms with van der Waals surface area (Å²) in [7, 11) is 2.11. The first-order chi connectivity index (χ1) is 15.6. The van der Waals surface area contributed by atoms with Gasteiger partial charge in [-0.2, -0.15) is 0 Å². The minimum absolute atomic E-state index is 0.0674. The van der Waals surface area contributed by atoms with E-state index in [9.17, 15) is 4.79 Å². The molecule has 7 nitrogen and oxygen atoms in total. The van der Waals surface area contributed by atoms with Gasteiger partial charge in [0.05, 0.1) is 31.0 Å². The van der Waals surface area contributed by atoms with Gasteiger partial charge >= 0.3 is 0 Å². The number of ether oxygens (including phenoxy) is 1. The summed E-state index contributed by atoms with van der Waals surface area (Å²) in [6, 6.07) is 8.58. The molecule has 168 valence electrons. The van der Waals surface area contributed by atoms with Crippen LogP contribution in [-0.2, 0) is 35.5 Å². The maximum atomic E-state index is 12.5. The lowest BCUT2D eigenvalue weighted by atomic mass is 10.1. The number of likely N-dealkylation sites (N-methyl/N-ethyl adjacent to an activating group) is 1. The van der Waals surface area contributed by atoms with E-state index in [1.807, 2.05) is 5.38 Å². The second-order valence-electron chi connectivity index (χ2n) is 8.33. The topological polar surface area (TPSA) is 70.6 Å². The van der Waals surface area contributed by atoms with Gasteiger partial charge in [-0.05, 0) is 12.6 Å². The van der Waals surface area contributed by atoms with Gasteiger partial charge in [-0.15, -0.1) is 22.7 Å². The molecule has 0 saturated carbocycles. The lowest BCUT2D eigenvalue weighted by molar-refractivity contribution is -0.115. The van der Waals surface area contributed by atoms with E-state index >= 15 is 0 Å². The van der Waals surface area contributed by atoms with Crippen LogP contribution in [0.4, 0.5) is 5.13 Å². The van der Waals surface area contributed by atoms with Crippen molar-refractivity contribution in [3.05, 3.63) is 51.5 Å². The van der Waals surface area contributed by atoms with E-state index in [1.54, 1.807) is 22.7 Å². The van der Waals surface area contributed by atoms with Crippen LogP contribution >= 0.6 is 22.7 Å². The third kappa shape index (κ3) is 5.24. The molecule has 0 radical (unpaired) electrons. The standard InChI is InChI=1S/C23H27N5O2S2/c1-27-7-6-19-20(14-27)32-23(25-19)26-21(29)12-18-15-31-22(24-18)17-4-2-16(3-5-17)13-28-8-10-30-11-9-28/h2-5,15H,6-14H2,1H3,(H,25,26,29). The largest absolute Gasteiger partial charge is 0.379 e. The van der Waals surface area contributed by atoms with E-state index in [-0.39, 0.29) is 12.3 Å². The maximum Gasteiger partial charge on any atom is 0.232 e. The normalized spacial score (nSPS) is 17.3. The summed E-state index contributed by atoms with van der Waals surface area (Å²) in [6.45, 7) is 6.47. The number of nitrogens with zero attached hydrogens (tertiary/aromatic N) is 4. The maximum absolute atomic E-state index is 12.5. The van der Waals surface area contributed by atoms with Crippen LogP contribution in [-0.4, -0.2) is 65.6 Å². The smallest absolute Gasteiger partial charge is 0.232 e. The van der Waals surface area contributed by atoms with Gasteiger partial charge in [0.1, 0.15) is 5.01 Å². The highest BCUT2D eigenvalue weighted by molar-refractivity contribution is 7.15. The molecule has 0 unspecified atom stereocenters. The molecule has 4 heterocycles. The molecule has 1 N–H and O–H groups in total. The molecule has 1 fully saturated rings. The number of fused-ring (bicyclic) bond motifs is 1. The fraction of sp³-hybridized carbons (Fsp3) is 0.435. The average Bonchev–Trinajstić information content (AvgIpc) is 3.41. The average molecular weight is 470 g/mol. The second-order valence-corrected chi connectivity index (χ2v) is 10.3. The lowest BCUT2D eigenvalue weighted by Crippen LogP contribution is -2.35. The SMILES string of the molecule is CN1CCc2nc(NC(=O)Cc3csc(-c4ccc(CN5CCOCC5)cc4)n3)sc2C1. The van der Waals surface area contributed by atoms with Gasteiger partial charge in [-0.25, -0.2) is 9.97 Å². The minimum Gasteiger partial charge on any atom is -0.379 e. The Hall–Kier alpha value is -2.17. The van der Waals surface area contributed by atoms with Crippen LogP contribution in [0.3, 0.4) is 0 Å². The third-order valence-electron chi connectivity index (χ3n) is 5.77. The molecule has 2 aliphatic rings. The highest BCUT2D eigenvalue weighted by Crippen LogP contribution is 2.28. The molecule has 0 spiro atoms. The molecule has 1 amide bonds. The van der Waals surface area contributed by atoms with Crippen LogP contribution < -0.4 is 5.32 Å². The summed E-state index contributed by atoms with van der Waals surface area (Å²) in [4.78, 5) is 27.8. The number of hydrogen-bond acceptors (Lipinski definition) is 8. The van der Waals surface area contributed by atoms with Crippen molar-refractivity contribution >= 4 is 33.7 Å². The number of aromatic nitrogens is 2. The predicted molar refractivity (Wildman–Crippen MR) is 128 cm³/mol. The minimum atomic E-state index is -0.0674. The molecule has 5 rings (SSSR count). The van der Waals surface area contributed by atoms with Crippen molar-refractivity contribution in [2.24, 2.45) is 0 Å². The fourth-order valence-corrected chi connectivity index (χ4v) is 5.93. The zero-order valence-corrected chi connectivity index (χ0v) is 19.8. The Morgan fingerprint density at radius 2 is 1.97 bits per heavy atom. The van der Waals surface area contributed by atoms with Gasteiger partial charge in [-0.3, -0.25) is 9.69 Å². The van der Waals surface area contributed by atoms with Crippen LogP contribution in [0.5, 0.6) is 0 Å². The van der Waals surface area contributed by atoms with Gasteiger partial charge in [0.15, 0.2) is 5.13 Å². The Kier molecular flexibility index (Phi) is 6.61. The zero-order valence-electron chi connectivity index (χ0n) is 18.2. The molecule has 0 aliphatic carbocycles. The molecule has 9 heteroatoms. The molecule has 2 aliphatic heterocycles. The number of carbonyl (C=O) groups excluding carboxylic acids is 1. The molecule has 1 aromatic carbocycles. The predicted octanol–water partition coefficient (Wildman–Crippen LogP) is 3.27. The monoisotopic (exact) mass is 469 g/mol. The molecule has 0 bridgehead atoms. The summed E-state index contributed by atoms with van der Waals surface area (Å²) in [5.74, 6) is -0.0674. The van der Waals surface area contributed by atoms with E-state index in [4.69, 9.17) is 4.74 Å². The van der Waals surface area contributed by atoms with Crippen LogP contribution in [0.15, 0.2) is 29.6 Å². The lowest BCUT2D eigenvalue weighted by Gasteiger charge is -2.26. The van der Waals surface area contributed by atoms with E-state index < -0.39 is 0 Å². The molecular weight excluding hydrogens is 442 g/mol. The fourth-order valence-electron chi connectivity index (χ4n) is 4.00. The zero-order chi connectivity index (χ0) is 21.9. The first kappa shape index (κ1) is 21.7. The van der Waals surface area contributed by atoms with Crippen molar-refractivity contribution in [2.75, 3.05) is 45.2 Å². The van der Waals surface area contributed by atoms with E-state index in [0.717, 1.165) is 74.3 Å². The Labute approximate surface area is 196 Å². The summed E-state index contributed by atoms with van der Waals surface area (Å²) in [6.07, 6.45) is 1.20. The highest BCUT2D eigenvalue weighted by atomic mass is 32.1. The van der Waals surface area contributed by atoms with Crippen LogP contribution in [0, 0.1) is 0 Å². The number of nitrogens with one attached hydrogen (secondary N) is 1. The number of thiazole rings is 2. The highest BCUT2D eigenvalue weighted by Gasteiger charge is 2.19. The number of anilines is 1. The Morgan fingerprint density at radius 1 is 1.16 bits per heavy atom. The van der Waals surface area contributed by atoms with Crippen LogP contribution in [0.1, 0.15) is 21.8 Å². The number of benzene rings is 1. The molecular formula is C23H27N5O2S2. The molecule has 32 heavy (non-hydrogen) atoms. The van der Waals surface area contributed by atoms with Gasteiger partial charge in [0.25, 0.3) is 0 Å². The Bertz CT molecular complexity index is 1070. The van der Waals surface area contributed by atoms with Gasteiger partial charge in [0.2, 0.25) is 5.91 Å². The number of hydrogen-bond donors (Lipinski definition) is 1. The summed E-state index contributed by atoms with van der Waals surface area (Å²) in [5.41, 5.74) is 4.30. The van der Waals surface area contributed by atoms with Crippen LogP contribution in [0.25, 0.3) is 10.6 Å². The summed E-state index contributed by atoms with van der Waals surface area (Å²) in [5, 5.41) is 6.57. The van der Waals surface area contributed by atoms with Crippen molar-refractivity contribution in [3.8, 4) is 10.6 Å². The van der Waals surface area contributed by atoms with Crippen molar-refractivity contribution in [1.29, 1.82) is 0 Å². The number of rotatable bonds is 6. The van der Waals surface area contributed by atoms with Gasteiger partial charge in [-0.1, -0.05) is 24.3 Å². The molecule has 0 atom stereocenters. The first-order valence-corrected chi connectivity index (χ1v) is 12.6. The Balaban J connectivity index is 1.17. The van der Waals surface area contributed by atoms with E-state index in [1.165, 1.54) is 10.4 Å². The molecule has 2 aromatic heterocycles. The van der Waals surface area contributed by atoms with Gasteiger partial charge in [0, 0.05) is 55.0 Å². The second kappa shape index (κ2) is 9.76. The van der Waals surface area contributed by atoms with Crippen molar-refractivity contribution in [2.45, 2.75) is 25.9 Å². The van der Waals surface area contributed by atoms with Crippen molar-refractivity contribution in [1.82, 2.24) is 19.8 Å². The molecule has 3 aromatic rings. The Morgan fingerprint density at radius 3 is 2.78 bits per heavy atom. The van der Waals surface area contributed by atoms with E-state index in [0.29, 0.717) is 5.13 Å². The van der Waals surface area contributed by atoms with Crippen molar-refractivity contribution < 1.29 is 9.53 Å². The molecule has 1 saturated heterocycles. The number of carbonyl (C=O) groups is 1. The third-order valence-corrected chi connectivity index (χ3v) is 7.71. The number of morpholine rings is 1. The summed E-state index contributed by atoms with van der Waals surface area (Å²) >= 11 is 3.16. The summed E-state index contributed by atoms with van der Waals surface area (Å²) < 4.78 is 5.42. The van der Waals surface area contributed by atoms with E-state index in [2.05, 4.69) is 56.4 Å². The quantitative estimate of drug-likeness (QED) is 0.598. The van der Waals surface area contributed by atoms with Gasteiger partial charge < -0.3 is 15.0 Å². The first-order valence-electron chi connectivity index (χ1n) is 10.9. The van der Waals surface area contributed by atoms with Crippen molar-refractivity contribution in [3.63, 3.8) is 0 Å².